The number of imidazole rings is 1. The van der Waals surface area contributed by atoms with Gasteiger partial charge in [0, 0.05) is 23.9 Å². The van der Waals surface area contributed by atoms with Gasteiger partial charge in [0.1, 0.15) is 12.4 Å². The van der Waals surface area contributed by atoms with Gasteiger partial charge in [-0.05, 0) is 12.1 Å². The average molecular weight is 259 g/mol. The van der Waals surface area contributed by atoms with Gasteiger partial charge < -0.3 is 10.8 Å². The number of carbonyl (C=O) groups excluding carboxylic acids is 1. The second-order valence-corrected chi connectivity index (χ2v) is 4.08. The first kappa shape index (κ1) is 13.0. The van der Waals surface area contributed by atoms with E-state index < -0.39 is 12.0 Å². The fraction of sp³-hybridized carbons (Fsp3) is 0.154. The van der Waals surface area contributed by atoms with Crippen molar-refractivity contribution < 1.29 is 14.7 Å². The third-order valence-corrected chi connectivity index (χ3v) is 2.70. The minimum absolute atomic E-state index is 0.0495. The molecule has 0 saturated carbocycles. The molecule has 0 spiro atoms. The molecule has 1 aromatic heterocycles. The van der Waals surface area contributed by atoms with E-state index in [0.717, 1.165) is 0 Å². The van der Waals surface area contributed by atoms with E-state index in [2.05, 4.69) is 4.98 Å². The van der Waals surface area contributed by atoms with Crippen molar-refractivity contribution in [3.8, 4) is 0 Å². The maximum Gasteiger partial charge on any atom is 0.320 e. The molecule has 6 heteroatoms. The van der Waals surface area contributed by atoms with Crippen LogP contribution in [0.25, 0.3) is 0 Å². The van der Waals surface area contributed by atoms with Crippen molar-refractivity contribution in [1.29, 1.82) is 0 Å². The molecule has 0 bridgehead atoms. The quantitative estimate of drug-likeness (QED) is 0.834. The number of aliphatic carboxylic acids is 1. The van der Waals surface area contributed by atoms with E-state index in [1.165, 1.54) is 17.1 Å². The molecule has 0 aliphatic rings. The first-order valence-corrected chi connectivity index (χ1v) is 5.69. The number of carboxylic acid groups (broad SMARTS) is 1. The summed E-state index contributed by atoms with van der Waals surface area (Å²) in [7, 11) is 0. The largest absolute Gasteiger partial charge is 0.480 e. The van der Waals surface area contributed by atoms with Crippen LogP contribution in [0.3, 0.4) is 0 Å². The molecule has 1 unspecified atom stereocenters. The smallest absolute Gasteiger partial charge is 0.320 e. The Balaban J connectivity index is 2.25. The molecule has 2 aromatic rings. The van der Waals surface area contributed by atoms with E-state index >= 15 is 0 Å². The van der Waals surface area contributed by atoms with Crippen LogP contribution in [-0.4, -0.2) is 32.6 Å². The monoisotopic (exact) mass is 259 g/mol. The number of hydrogen-bond acceptors (Lipinski definition) is 4. The second-order valence-electron chi connectivity index (χ2n) is 4.08. The molecule has 0 fully saturated rings. The minimum Gasteiger partial charge on any atom is -0.480 e. The molecular formula is C13H13N3O3. The van der Waals surface area contributed by atoms with Crippen LogP contribution in [0.15, 0.2) is 42.9 Å². The van der Waals surface area contributed by atoms with Crippen LogP contribution in [0.5, 0.6) is 0 Å². The van der Waals surface area contributed by atoms with Gasteiger partial charge in [0.05, 0.1) is 0 Å². The highest BCUT2D eigenvalue weighted by Gasteiger charge is 2.18. The lowest BCUT2D eigenvalue weighted by Gasteiger charge is -2.09. The Labute approximate surface area is 109 Å². The van der Waals surface area contributed by atoms with E-state index in [-0.39, 0.29) is 12.3 Å². The normalized spacial score (nSPS) is 12.1. The van der Waals surface area contributed by atoms with E-state index in [1.807, 2.05) is 6.07 Å². The van der Waals surface area contributed by atoms with Crippen LogP contribution < -0.4 is 5.73 Å². The first-order valence-electron chi connectivity index (χ1n) is 5.69. The molecule has 2 rings (SSSR count). The summed E-state index contributed by atoms with van der Waals surface area (Å²) in [5.41, 5.74) is 6.44. The van der Waals surface area contributed by atoms with Crippen LogP contribution in [0.4, 0.5) is 0 Å². The number of nitrogens with two attached hydrogens (primary N) is 1. The van der Waals surface area contributed by atoms with Crippen molar-refractivity contribution in [3.63, 3.8) is 0 Å². The molecule has 6 nitrogen and oxygen atoms in total. The average Bonchev–Trinajstić information content (AvgIpc) is 2.87. The number of carboxylic acids is 1. The molecule has 3 N–H and O–H groups in total. The summed E-state index contributed by atoms with van der Waals surface area (Å²) in [6, 6.07) is 7.64. The molecule has 0 aliphatic carbocycles. The van der Waals surface area contributed by atoms with Gasteiger partial charge in [0.2, 0.25) is 0 Å². The van der Waals surface area contributed by atoms with Crippen LogP contribution in [0, 0.1) is 0 Å². The number of benzene rings is 1. The SMILES string of the molecule is NC(Cc1cncn1C(=O)c1ccccc1)C(=O)O. The number of aromatic nitrogens is 2. The zero-order valence-electron chi connectivity index (χ0n) is 10.1. The maximum absolute atomic E-state index is 12.2. The van der Waals surface area contributed by atoms with Gasteiger partial charge in [-0.15, -0.1) is 0 Å². The Morgan fingerprint density at radius 1 is 1.32 bits per heavy atom. The highest BCUT2D eigenvalue weighted by Crippen LogP contribution is 2.08. The summed E-state index contributed by atoms with van der Waals surface area (Å²) < 4.78 is 1.32. The predicted octanol–water partition coefficient (Wildman–Crippen LogP) is 0.526. The molecule has 98 valence electrons. The van der Waals surface area contributed by atoms with Crippen molar-refractivity contribution in [3.05, 3.63) is 54.1 Å². The summed E-state index contributed by atoms with van der Waals surface area (Å²) in [6.07, 6.45) is 2.86. The first-order chi connectivity index (χ1) is 9.09. The number of hydrogen-bond donors (Lipinski definition) is 2. The lowest BCUT2D eigenvalue weighted by molar-refractivity contribution is -0.138. The lowest BCUT2D eigenvalue weighted by Crippen LogP contribution is -2.33. The van der Waals surface area contributed by atoms with Crippen molar-refractivity contribution in [1.82, 2.24) is 9.55 Å². The Hall–Kier alpha value is -2.47. The topological polar surface area (TPSA) is 98.2 Å². The molecule has 1 atom stereocenters. The molecule has 0 radical (unpaired) electrons. The summed E-state index contributed by atoms with van der Waals surface area (Å²) >= 11 is 0. The van der Waals surface area contributed by atoms with Crippen molar-refractivity contribution >= 4 is 11.9 Å². The van der Waals surface area contributed by atoms with Gasteiger partial charge >= 0.3 is 5.97 Å². The second kappa shape index (κ2) is 5.45. The Morgan fingerprint density at radius 2 is 2.00 bits per heavy atom. The van der Waals surface area contributed by atoms with Crippen molar-refractivity contribution in [2.75, 3.05) is 0 Å². The summed E-state index contributed by atoms with van der Waals surface area (Å²) in [5.74, 6) is -1.37. The zero-order chi connectivity index (χ0) is 13.8. The Bertz CT molecular complexity index is 592. The highest BCUT2D eigenvalue weighted by atomic mass is 16.4. The van der Waals surface area contributed by atoms with Gasteiger partial charge in [0.15, 0.2) is 0 Å². The Kier molecular flexibility index (Phi) is 3.72. The van der Waals surface area contributed by atoms with Crippen LogP contribution in [-0.2, 0) is 11.2 Å². The maximum atomic E-state index is 12.2. The zero-order valence-corrected chi connectivity index (χ0v) is 10.1. The van der Waals surface area contributed by atoms with E-state index in [0.29, 0.717) is 11.3 Å². The highest BCUT2D eigenvalue weighted by molar-refractivity contribution is 5.96. The summed E-state index contributed by atoms with van der Waals surface area (Å²) in [5, 5.41) is 8.79. The molecule has 1 heterocycles. The number of carbonyl (C=O) groups is 2. The van der Waals surface area contributed by atoms with Gasteiger partial charge in [-0.3, -0.25) is 14.2 Å². The molecule has 19 heavy (non-hydrogen) atoms. The minimum atomic E-state index is -1.11. The van der Waals surface area contributed by atoms with Crippen molar-refractivity contribution in [2.24, 2.45) is 5.73 Å². The van der Waals surface area contributed by atoms with Crippen LogP contribution >= 0.6 is 0 Å². The third-order valence-electron chi connectivity index (χ3n) is 2.70. The van der Waals surface area contributed by atoms with Gasteiger partial charge in [-0.2, -0.15) is 0 Å². The van der Waals surface area contributed by atoms with Crippen molar-refractivity contribution in [2.45, 2.75) is 12.5 Å². The fourth-order valence-electron chi connectivity index (χ4n) is 1.69. The summed E-state index contributed by atoms with van der Waals surface area (Å²) in [4.78, 5) is 26.8. The summed E-state index contributed by atoms with van der Waals surface area (Å²) in [6.45, 7) is 0. The molecular weight excluding hydrogens is 246 g/mol. The Morgan fingerprint density at radius 3 is 2.63 bits per heavy atom. The lowest BCUT2D eigenvalue weighted by atomic mass is 10.1. The standard InChI is InChI=1S/C13H13N3O3/c14-11(13(18)19)6-10-7-15-8-16(10)12(17)9-4-2-1-3-5-9/h1-5,7-8,11H,6,14H2,(H,18,19). The van der Waals surface area contributed by atoms with E-state index in [1.54, 1.807) is 24.3 Å². The van der Waals surface area contributed by atoms with Crippen LogP contribution in [0.2, 0.25) is 0 Å². The molecule has 0 aliphatic heterocycles. The predicted molar refractivity (Wildman–Crippen MR) is 67.7 cm³/mol. The van der Waals surface area contributed by atoms with Crippen LogP contribution in [0.1, 0.15) is 16.1 Å². The molecule has 0 amide bonds. The number of nitrogens with zero attached hydrogens (tertiary/aromatic N) is 2. The number of rotatable bonds is 4. The molecule has 1 aromatic carbocycles. The fourth-order valence-corrected chi connectivity index (χ4v) is 1.69. The van der Waals surface area contributed by atoms with Gasteiger partial charge in [0.25, 0.3) is 5.91 Å². The third kappa shape index (κ3) is 2.86. The van der Waals surface area contributed by atoms with Gasteiger partial charge in [-0.25, -0.2) is 4.98 Å². The molecule has 0 saturated heterocycles. The van der Waals surface area contributed by atoms with E-state index in [9.17, 15) is 9.59 Å². The van der Waals surface area contributed by atoms with E-state index in [4.69, 9.17) is 10.8 Å². The van der Waals surface area contributed by atoms with Gasteiger partial charge in [-0.1, -0.05) is 18.2 Å².